The fourth-order valence-electron chi connectivity index (χ4n) is 3.27. The van der Waals surface area contributed by atoms with E-state index < -0.39 is 0 Å². The summed E-state index contributed by atoms with van der Waals surface area (Å²) in [6.07, 6.45) is 0.863. The van der Waals surface area contributed by atoms with Gasteiger partial charge >= 0.3 is 0 Å². The van der Waals surface area contributed by atoms with Crippen LogP contribution in [-0.2, 0) is 11.2 Å². The van der Waals surface area contributed by atoms with Crippen molar-refractivity contribution in [2.75, 3.05) is 17.7 Å². The first-order chi connectivity index (χ1) is 15.4. The lowest BCUT2D eigenvalue weighted by atomic mass is 10.1. The number of nitrogens with one attached hydrogen (secondary N) is 2. The number of carbonyl (C=O) groups is 2. The number of ether oxygens (including phenoxy) is 1. The highest BCUT2D eigenvalue weighted by Crippen LogP contribution is 2.27. The van der Waals surface area contributed by atoms with E-state index in [9.17, 15) is 9.59 Å². The number of hydrogen-bond donors (Lipinski definition) is 2. The third-order valence-corrected chi connectivity index (χ3v) is 6.23. The molecule has 5 nitrogen and oxygen atoms in total. The Bertz CT molecular complexity index is 1100. The second-order valence-electron chi connectivity index (χ2n) is 7.42. The van der Waals surface area contributed by atoms with Gasteiger partial charge in [0.2, 0.25) is 5.91 Å². The molecule has 2 N–H and O–H groups in total. The Morgan fingerprint density at radius 3 is 2.41 bits per heavy atom. The predicted molar refractivity (Wildman–Crippen MR) is 132 cm³/mol. The van der Waals surface area contributed by atoms with E-state index in [2.05, 4.69) is 17.6 Å². The molecule has 1 atom stereocenters. The highest BCUT2D eigenvalue weighted by atomic mass is 32.2. The summed E-state index contributed by atoms with van der Waals surface area (Å²) in [5, 5.41) is 5.70. The molecule has 0 radical (unpaired) electrons. The van der Waals surface area contributed by atoms with Crippen molar-refractivity contribution in [1.82, 2.24) is 0 Å². The van der Waals surface area contributed by atoms with Gasteiger partial charge in [-0.05, 0) is 73.9 Å². The van der Waals surface area contributed by atoms with Crippen LogP contribution in [-0.4, -0.2) is 24.2 Å². The number of methoxy groups -OCH3 is 1. The van der Waals surface area contributed by atoms with Gasteiger partial charge in [0.25, 0.3) is 5.91 Å². The van der Waals surface area contributed by atoms with Crippen LogP contribution in [0.5, 0.6) is 5.75 Å². The van der Waals surface area contributed by atoms with E-state index in [1.165, 1.54) is 11.8 Å². The minimum absolute atomic E-state index is 0.0330. The van der Waals surface area contributed by atoms with Gasteiger partial charge in [0, 0.05) is 21.8 Å². The predicted octanol–water partition coefficient (Wildman–Crippen LogP) is 5.94. The molecule has 0 aliphatic carbocycles. The Labute approximate surface area is 193 Å². The van der Waals surface area contributed by atoms with E-state index in [0.29, 0.717) is 17.0 Å². The van der Waals surface area contributed by atoms with Crippen molar-refractivity contribution >= 4 is 35.0 Å². The molecule has 32 heavy (non-hydrogen) atoms. The number of benzene rings is 3. The Balaban J connectivity index is 1.60. The summed E-state index contributed by atoms with van der Waals surface area (Å²) in [6, 6.07) is 20.5. The lowest BCUT2D eigenvalue weighted by Gasteiger charge is -2.16. The molecule has 0 bridgehead atoms. The Hall–Kier alpha value is -3.25. The second-order valence-corrected chi connectivity index (χ2v) is 8.84. The monoisotopic (exact) mass is 448 g/mol. The molecule has 0 spiro atoms. The van der Waals surface area contributed by atoms with Crippen LogP contribution in [0.2, 0.25) is 0 Å². The Morgan fingerprint density at radius 1 is 1.00 bits per heavy atom. The van der Waals surface area contributed by atoms with Gasteiger partial charge in [-0.1, -0.05) is 31.2 Å². The van der Waals surface area contributed by atoms with Crippen LogP contribution >= 0.6 is 11.8 Å². The smallest absolute Gasteiger partial charge is 0.255 e. The second kappa shape index (κ2) is 10.9. The molecular weight excluding hydrogens is 420 g/mol. The van der Waals surface area contributed by atoms with Crippen molar-refractivity contribution in [3.63, 3.8) is 0 Å². The van der Waals surface area contributed by atoms with Crippen LogP contribution in [0.15, 0.2) is 71.6 Å². The third-order valence-electron chi connectivity index (χ3n) is 5.11. The normalized spacial score (nSPS) is 11.5. The minimum Gasteiger partial charge on any atom is -0.497 e. The quantitative estimate of drug-likeness (QED) is 0.419. The summed E-state index contributed by atoms with van der Waals surface area (Å²) in [6.45, 7) is 5.98. The zero-order valence-corrected chi connectivity index (χ0v) is 19.6. The van der Waals surface area contributed by atoms with Gasteiger partial charge in [-0.15, -0.1) is 11.8 Å². The molecule has 0 aromatic heterocycles. The molecular formula is C26H28N2O3S. The Kier molecular flexibility index (Phi) is 7.95. The van der Waals surface area contributed by atoms with Crippen molar-refractivity contribution in [3.8, 4) is 5.75 Å². The zero-order chi connectivity index (χ0) is 23.1. The molecule has 3 aromatic carbocycles. The maximum absolute atomic E-state index is 12.8. The first-order valence-electron chi connectivity index (χ1n) is 10.5. The molecule has 0 saturated heterocycles. The zero-order valence-electron chi connectivity index (χ0n) is 18.8. The van der Waals surface area contributed by atoms with Gasteiger partial charge in [0.05, 0.1) is 12.4 Å². The standard InChI is InChI=1S/C26H28N2O3S/c1-5-19-9-6-8-17(2)24(19)28-25(29)18(3)32-23-14-12-21(13-15-23)27-26(30)20-10-7-11-22(16-20)31-4/h6-16,18H,5H2,1-4H3,(H,27,30)(H,28,29). The number of thioether (sulfide) groups is 1. The van der Waals surface area contributed by atoms with Crippen molar-refractivity contribution in [2.24, 2.45) is 0 Å². The summed E-state index contributed by atoms with van der Waals surface area (Å²) in [5.41, 5.74) is 4.31. The molecule has 6 heteroatoms. The van der Waals surface area contributed by atoms with Crippen LogP contribution in [0, 0.1) is 6.92 Å². The molecule has 0 fully saturated rings. The van der Waals surface area contributed by atoms with E-state index in [-0.39, 0.29) is 17.1 Å². The van der Waals surface area contributed by atoms with Crippen molar-refractivity contribution < 1.29 is 14.3 Å². The molecule has 3 aromatic rings. The number of rotatable bonds is 8. The SMILES string of the molecule is CCc1cccc(C)c1NC(=O)C(C)Sc1ccc(NC(=O)c2cccc(OC)c2)cc1. The molecule has 1 unspecified atom stereocenters. The maximum Gasteiger partial charge on any atom is 0.255 e. The highest BCUT2D eigenvalue weighted by Gasteiger charge is 2.17. The fourth-order valence-corrected chi connectivity index (χ4v) is 4.14. The number of aryl methyl sites for hydroxylation is 2. The largest absolute Gasteiger partial charge is 0.497 e. The third kappa shape index (κ3) is 5.92. The molecule has 0 saturated carbocycles. The first kappa shape index (κ1) is 23.4. The fraction of sp³-hybridized carbons (Fsp3) is 0.231. The summed E-state index contributed by atoms with van der Waals surface area (Å²) in [5.74, 6) is 0.393. The Morgan fingerprint density at radius 2 is 1.72 bits per heavy atom. The van der Waals surface area contributed by atoms with Crippen molar-refractivity contribution in [1.29, 1.82) is 0 Å². The summed E-state index contributed by atoms with van der Waals surface area (Å²) < 4.78 is 5.17. The average Bonchev–Trinajstić information content (AvgIpc) is 2.81. The lowest BCUT2D eigenvalue weighted by molar-refractivity contribution is -0.115. The molecule has 2 amide bonds. The van der Waals surface area contributed by atoms with Crippen LogP contribution in [0.25, 0.3) is 0 Å². The number of carbonyl (C=O) groups excluding carboxylic acids is 2. The van der Waals surface area contributed by atoms with Gasteiger partial charge in [-0.3, -0.25) is 9.59 Å². The molecule has 0 aliphatic heterocycles. The molecule has 0 aliphatic rings. The van der Waals surface area contributed by atoms with E-state index >= 15 is 0 Å². The minimum atomic E-state index is -0.267. The van der Waals surface area contributed by atoms with Crippen LogP contribution < -0.4 is 15.4 Å². The van der Waals surface area contributed by atoms with Gasteiger partial charge in [-0.2, -0.15) is 0 Å². The first-order valence-corrected chi connectivity index (χ1v) is 11.4. The molecule has 0 heterocycles. The van der Waals surface area contributed by atoms with Crippen LogP contribution in [0.4, 0.5) is 11.4 Å². The van der Waals surface area contributed by atoms with Crippen LogP contribution in [0.3, 0.4) is 0 Å². The van der Waals surface area contributed by atoms with Crippen molar-refractivity contribution in [3.05, 3.63) is 83.4 Å². The maximum atomic E-state index is 12.8. The number of para-hydroxylation sites is 1. The lowest BCUT2D eigenvalue weighted by Crippen LogP contribution is -2.23. The van der Waals surface area contributed by atoms with E-state index in [0.717, 1.165) is 28.1 Å². The van der Waals surface area contributed by atoms with E-state index in [4.69, 9.17) is 4.74 Å². The average molecular weight is 449 g/mol. The van der Waals surface area contributed by atoms with E-state index in [1.54, 1.807) is 31.4 Å². The summed E-state index contributed by atoms with van der Waals surface area (Å²) in [4.78, 5) is 26.2. The van der Waals surface area contributed by atoms with Gasteiger partial charge in [0.1, 0.15) is 5.75 Å². The summed E-state index contributed by atoms with van der Waals surface area (Å²) in [7, 11) is 1.57. The number of hydrogen-bond acceptors (Lipinski definition) is 4. The van der Waals surface area contributed by atoms with Gasteiger partial charge < -0.3 is 15.4 Å². The number of anilines is 2. The highest BCUT2D eigenvalue weighted by molar-refractivity contribution is 8.00. The van der Waals surface area contributed by atoms with Gasteiger partial charge in [-0.25, -0.2) is 0 Å². The topological polar surface area (TPSA) is 67.4 Å². The molecule has 166 valence electrons. The van der Waals surface area contributed by atoms with Gasteiger partial charge in [0.15, 0.2) is 0 Å². The van der Waals surface area contributed by atoms with E-state index in [1.807, 2.05) is 56.3 Å². The van der Waals surface area contributed by atoms with Crippen molar-refractivity contribution in [2.45, 2.75) is 37.3 Å². The van der Waals surface area contributed by atoms with Crippen LogP contribution in [0.1, 0.15) is 35.3 Å². The molecule has 3 rings (SSSR count). The summed E-state index contributed by atoms with van der Waals surface area (Å²) >= 11 is 1.48. The number of amides is 2.